The summed E-state index contributed by atoms with van der Waals surface area (Å²) >= 11 is 5.98. The Bertz CT molecular complexity index is 586. The number of benzene rings is 2. The lowest BCUT2D eigenvalue weighted by molar-refractivity contribution is -0.123. The Kier molecular flexibility index (Phi) is 5.64. The molecular formula is C17H18ClNO2. The van der Waals surface area contributed by atoms with Gasteiger partial charge in [0.05, 0.1) is 11.1 Å². The van der Waals surface area contributed by atoms with Crippen molar-refractivity contribution in [2.45, 2.75) is 19.4 Å². The van der Waals surface area contributed by atoms with Crippen LogP contribution in [0.3, 0.4) is 0 Å². The second-order valence-corrected chi connectivity index (χ2v) is 5.07. The van der Waals surface area contributed by atoms with E-state index in [1.807, 2.05) is 49.4 Å². The standard InChI is InChI=1S/C17H18ClNO2/c1-2-15(13-8-4-3-5-9-13)19-17(20)12-21-16-11-7-6-10-14(16)18/h3-11,15H,2,12H2,1H3,(H,19,20). The van der Waals surface area contributed by atoms with E-state index in [0.29, 0.717) is 10.8 Å². The van der Waals surface area contributed by atoms with E-state index in [0.717, 1.165) is 12.0 Å². The summed E-state index contributed by atoms with van der Waals surface area (Å²) in [5.74, 6) is 0.354. The zero-order chi connectivity index (χ0) is 15.1. The zero-order valence-electron chi connectivity index (χ0n) is 11.9. The Labute approximate surface area is 129 Å². The van der Waals surface area contributed by atoms with Gasteiger partial charge in [-0.15, -0.1) is 0 Å². The van der Waals surface area contributed by atoms with Gasteiger partial charge in [0.2, 0.25) is 0 Å². The van der Waals surface area contributed by atoms with Crippen molar-refractivity contribution in [3.63, 3.8) is 0 Å². The molecule has 110 valence electrons. The van der Waals surface area contributed by atoms with E-state index < -0.39 is 0 Å². The van der Waals surface area contributed by atoms with Crippen LogP contribution in [0.4, 0.5) is 0 Å². The first-order chi connectivity index (χ1) is 10.2. The van der Waals surface area contributed by atoms with Crippen LogP contribution in [0.2, 0.25) is 5.02 Å². The van der Waals surface area contributed by atoms with Crippen molar-refractivity contribution in [2.75, 3.05) is 6.61 Å². The average molecular weight is 304 g/mol. The molecule has 4 heteroatoms. The fourth-order valence-electron chi connectivity index (χ4n) is 2.05. The third-order valence-corrected chi connectivity index (χ3v) is 3.45. The van der Waals surface area contributed by atoms with E-state index in [4.69, 9.17) is 16.3 Å². The summed E-state index contributed by atoms with van der Waals surface area (Å²) in [7, 11) is 0. The molecule has 0 radical (unpaired) electrons. The first-order valence-corrected chi connectivity index (χ1v) is 7.30. The second-order valence-electron chi connectivity index (χ2n) is 4.66. The lowest BCUT2D eigenvalue weighted by atomic mass is 10.0. The zero-order valence-corrected chi connectivity index (χ0v) is 12.6. The van der Waals surface area contributed by atoms with Gasteiger partial charge in [-0.05, 0) is 24.1 Å². The highest BCUT2D eigenvalue weighted by atomic mass is 35.5. The summed E-state index contributed by atoms with van der Waals surface area (Å²) in [6.07, 6.45) is 0.821. The number of rotatable bonds is 6. The molecule has 1 atom stereocenters. The maximum absolute atomic E-state index is 12.0. The Balaban J connectivity index is 1.90. The number of amides is 1. The molecule has 1 unspecified atom stereocenters. The number of halogens is 1. The van der Waals surface area contributed by atoms with Crippen molar-refractivity contribution in [1.29, 1.82) is 0 Å². The lowest BCUT2D eigenvalue weighted by Crippen LogP contribution is -2.32. The molecule has 0 heterocycles. The van der Waals surface area contributed by atoms with E-state index in [1.165, 1.54) is 0 Å². The minimum Gasteiger partial charge on any atom is -0.482 e. The van der Waals surface area contributed by atoms with Crippen LogP contribution in [-0.4, -0.2) is 12.5 Å². The normalized spacial score (nSPS) is 11.7. The third-order valence-electron chi connectivity index (χ3n) is 3.14. The van der Waals surface area contributed by atoms with Crippen molar-refractivity contribution in [1.82, 2.24) is 5.32 Å². The van der Waals surface area contributed by atoms with E-state index >= 15 is 0 Å². The van der Waals surface area contributed by atoms with Crippen LogP contribution >= 0.6 is 11.6 Å². The molecule has 0 aliphatic rings. The minimum atomic E-state index is -0.161. The van der Waals surface area contributed by atoms with Crippen molar-refractivity contribution < 1.29 is 9.53 Å². The van der Waals surface area contributed by atoms with Gasteiger partial charge in [-0.3, -0.25) is 4.79 Å². The maximum atomic E-state index is 12.0. The highest BCUT2D eigenvalue weighted by molar-refractivity contribution is 6.32. The second kappa shape index (κ2) is 7.70. The molecule has 1 amide bonds. The topological polar surface area (TPSA) is 38.3 Å². The predicted molar refractivity (Wildman–Crippen MR) is 84.6 cm³/mol. The Hall–Kier alpha value is -2.00. The number of carbonyl (C=O) groups is 1. The summed E-state index contributed by atoms with van der Waals surface area (Å²) in [6.45, 7) is 1.99. The molecule has 2 aromatic rings. The fraction of sp³-hybridized carbons (Fsp3) is 0.235. The van der Waals surface area contributed by atoms with Crippen LogP contribution < -0.4 is 10.1 Å². The van der Waals surface area contributed by atoms with Gasteiger partial charge in [0, 0.05) is 0 Å². The highest BCUT2D eigenvalue weighted by Crippen LogP contribution is 2.23. The van der Waals surface area contributed by atoms with Crippen molar-refractivity contribution >= 4 is 17.5 Å². The quantitative estimate of drug-likeness (QED) is 0.876. The number of hydrogen-bond donors (Lipinski definition) is 1. The molecule has 2 aromatic carbocycles. The van der Waals surface area contributed by atoms with Gasteiger partial charge >= 0.3 is 0 Å². The van der Waals surface area contributed by atoms with E-state index in [2.05, 4.69) is 5.32 Å². The predicted octanol–water partition coefficient (Wildman–Crippen LogP) is 3.99. The van der Waals surface area contributed by atoms with E-state index in [1.54, 1.807) is 12.1 Å². The number of nitrogens with one attached hydrogen (secondary N) is 1. The Morgan fingerprint density at radius 3 is 2.48 bits per heavy atom. The molecule has 0 aliphatic carbocycles. The lowest BCUT2D eigenvalue weighted by Gasteiger charge is -2.17. The molecule has 0 bridgehead atoms. The van der Waals surface area contributed by atoms with Crippen LogP contribution in [0.15, 0.2) is 54.6 Å². The Morgan fingerprint density at radius 2 is 1.81 bits per heavy atom. The van der Waals surface area contributed by atoms with Gasteiger partial charge in [0.25, 0.3) is 5.91 Å². The number of carbonyl (C=O) groups excluding carboxylic acids is 1. The van der Waals surface area contributed by atoms with Gasteiger partial charge in [0.15, 0.2) is 6.61 Å². The molecule has 0 saturated heterocycles. The van der Waals surface area contributed by atoms with Gasteiger partial charge in [-0.1, -0.05) is 61.0 Å². The summed E-state index contributed by atoms with van der Waals surface area (Å²) in [6, 6.07) is 17.0. The Morgan fingerprint density at radius 1 is 1.14 bits per heavy atom. The van der Waals surface area contributed by atoms with Crippen LogP contribution in [0.1, 0.15) is 24.9 Å². The number of hydrogen-bond acceptors (Lipinski definition) is 2. The number of para-hydroxylation sites is 1. The summed E-state index contributed by atoms with van der Waals surface area (Å²) in [4.78, 5) is 12.0. The smallest absolute Gasteiger partial charge is 0.258 e. The van der Waals surface area contributed by atoms with Gasteiger partial charge in [-0.25, -0.2) is 0 Å². The summed E-state index contributed by atoms with van der Waals surface area (Å²) in [5, 5.41) is 3.47. The molecule has 0 saturated carbocycles. The molecule has 1 N–H and O–H groups in total. The molecule has 0 fully saturated rings. The van der Waals surface area contributed by atoms with Crippen LogP contribution in [0.25, 0.3) is 0 Å². The summed E-state index contributed by atoms with van der Waals surface area (Å²) in [5.41, 5.74) is 1.09. The van der Waals surface area contributed by atoms with E-state index in [9.17, 15) is 4.79 Å². The van der Waals surface area contributed by atoms with Gasteiger partial charge in [0.1, 0.15) is 5.75 Å². The van der Waals surface area contributed by atoms with E-state index in [-0.39, 0.29) is 18.6 Å². The molecule has 0 aliphatic heterocycles. The minimum absolute atomic E-state index is 0.00598. The van der Waals surface area contributed by atoms with Gasteiger partial charge in [-0.2, -0.15) is 0 Å². The highest BCUT2D eigenvalue weighted by Gasteiger charge is 2.13. The first kappa shape index (κ1) is 15.4. The molecule has 0 spiro atoms. The summed E-state index contributed by atoms with van der Waals surface area (Å²) < 4.78 is 5.44. The largest absolute Gasteiger partial charge is 0.482 e. The fourth-order valence-corrected chi connectivity index (χ4v) is 2.24. The molecule has 3 nitrogen and oxygen atoms in total. The maximum Gasteiger partial charge on any atom is 0.258 e. The molecular weight excluding hydrogens is 286 g/mol. The third kappa shape index (κ3) is 4.50. The van der Waals surface area contributed by atoms with Crippen molar-refractivity contribution in [3.05, 3.63) is 65.2 Å². The van der Waals surface area contributed by atoms with Crippen molar-refractivity contribution in [2.24, 2.45) is 0 Å². The van der Waals surface area contributed by atoms with Crippen LogP contribution in [0, 0.1) is 0 Å². The van der Waals surface area contributed by atoms with Gasteiger partial charge < -0.3 is 10.1 Å². The first-order valence-electron chi connectivity index (χ1n) is 6.92. The molecule has 21 heavy (non-hydrogen) atoms. The average Bonchev–Trinajstić information content (AvgIpc) is 2.52. The monoisotopic (exact) mass is 303 g/mol. The number of ether oxygens (including phenoxy) is 1. The molecule has 0 aromatic heterocycles. The SMILES string of the molecule is CCC(NC(=O)COc1ccccc1Cl)c1ccccc1. The van der Waals surface area contributed by atoms with Crippen LogP contribution in [-0.2, 0) is 4.79 Å². The van der Waals surface area contributed by atoms with Crippen LogP contribution in [0.5, 0.6) is 5.75 Å². The van der Waals surface area contributed by atoms with Crippen molar-refractivity contribution in [3.8, 4) is 5.75 Å². The molecule has 2 rings (SSSR count).